The molecule has 4 N–H and O–H groups in total. The van der Waals surface area contributed by atoms with Gasteiger partial charge in [0.25, 0.3) is 5.91 Å². The summed E-state index contributed by atoms with van der Waals surface area (Å²) in [5.41, 5.74) is 9.21. The van der Waals surface area contributed by atoms with E-state index in [1.807, 2.05) is 24.3 Å². The molecule has 0 unspecified atom stereocenters. The van der Waals surface area contributed by atoms with Crippen LogP contribution in [-0.2, 0) is 13.1 Å². The molecule has 7 nitrogen and oxygen atoms in total. The molecule has 9 heteroatoms. The molecule has 0 atom stereocenters. The van der Waals surface area contributed by atoms with E-state index in [4.69, 9.17) is 16.5 Å². The Hall–Kier alpha value is -4.11. The van der Waals surface area contributed by atoms with Crippen molar-refractivity contribution >= 4 is 22.8 Å². The molecule has 33 heavy (non-hydrogen) atoms. The maximum absolute atomic E-state index is 14.2. The number of hydrogen-bond acceptors (Lipinski definition) is 6. The zero-order valence-corrected chi connectivity index (χ0v) is 17.6. The van der Waals surface area contributed by atoms with Crippen LogP contribution in [-0.4, -0.2) is 20.8 Å². The first-order valence-corrected chi connectivity index (χ1v) is 10.2. The zero-order chi connectivity index (χ0) is 23.3. The van der Waals surface area contributed by atoms with Crippen molar-refractivity contribution in [3.8, 4) is 16.9 Å². The Morgan fingerprint density at radius 2 is 1.76 bits per heavy atom. The second-order valence-electron chi connectivity index (χ2n) is 7.88. The van der Waals surface area contributed by atoms with E-state index in [-0.39, 0.29) is 34.4 Å². The van der Waals surface area contributed by atoms with E-state index < -0.39 is 11.6 Å². The summed E-state index contributed by atoms with van der Waals surface area (Å²) in [5.74, 6) is 2.92. The topological polar surface area (TPSA) is 107 Å². The molecule has 1 aliphatic heterocycles. The molecule has 0 fully saturated rings. The molecular weight excluding hydrogens is 428 g/mol. The monoisotopic (exact) mass is 447 g/mol. The molecule has 2 heterocycles. The Labute approximate surface area is 187 Å². The van der Waals surface area contributed by atoms with Crippen LogP contribution in [0, 0.1) is 18.6 Å². The lowest BCUT2D eigenvalue weighted by atomic mass is 9.98. The molecule has 1 amide bonds. The lowest BCUT2D eigenvalue weighted by Gasteiger charge is -2.17. The minimum Gasteiger partial charge on any atom is -0.410 e. The van der Waals surface area contributed by atoms with Crippen LogP contribution in [0.5, 0.6) is 5.75 Å². The predicted molar refractivity (Wildman–Crippen MR) is 119 cm³/mol. The fraction of sp³-hybridized carbons (Fsp3) is 0.125. The van der Waals surface area contributed by atoms with Crippen LogP contribution in [0.25, 0.3) is 22.0 Å². The van der Waals surface area contributed by atoms with Gasteiger partial charge in [-0.3, -0.25) is 4.79 Å². The van der Waals surface area contributed by atoms with Gasteiger partial charge in [0.15, 0.2) is 17.4 Å². The first kappa shape index (κ1) is 20.8. The molecule has 0 saturated heterocycles. The van der Waals surface area contributed by atoms with Gasteiger partial charge in [0.2, 0.25) is 5.95 Å². The highest BCUT2D eigenvalue weighted by molar-refractivity contribution is 6.06. The van der Waals surface area contributed by atoms with Crippen LogP contribution >= 0.6 is 0 Å². The number of nitrogens with two attached hydrogens (primary N) is 2. The molecule has 4 aromatic rings. The molecule has 5 rings (SSSR count). The minimum absolute atomic E-state index is 0.00696. The minimum atomic E-state index is -1.04. The number of aromatic nitrogens is 2. The molecule has 0 spiro atoms. The third kappa shape index (κ3) is 3.42. The Morgan fingerprint density at radius 3 is 2.42 bits per heavy atom. The second-order valence-corrected chi connectivity index (χ2v) is 7.88. The Balaban J connectivity index is 1.63. The Bertz CT molecular complexity index is 1420. The molecular formula is C24H19F2N5O2. The molecule has 0 saturated carbocycles. The van der Waals surface area contributed by atoms with Gasteiger partial charge in [0.1, 0.15) is 5.69 Å². The van der Waals surface area contributed by atoms with E-state index in [1.54, 1.807) is 23.1 Å². The predicted octanol–water partition coefficient (Wildman–Crippen LogP) is 3.87. The van der Waals surface area contributed by atoms with Crippen molar-refractivity contribution in [1.29, 1.82) is 0 Å². The summed E-state index contributed by atoms with van der Waals surface area (Å²) in [5, 5.41) is 0.424. The summed E-state index contributed by atoms with van der Waals surface area (Å²) in [7, 11) is 0. The number of nitrogen functional groups attached to an aromatic ring is 1. The lowest BCUT2D eigenvalue weighted by Crippen LogP contribution is -2.27. The molecule has 3 aromatic carbocycles. The van der Waals surface area contributed by atoms with Crippen molar-refractivity contribution in [2.24, 2.45) is 5.90 Å². The smallest absolute Gasteiger partial charge is 0.273 e. The molecule has 0 radical (unpaired) electrons. The SMILES string of the molecule is Cc1c(F)c(F)cc(-c2ccc3nc(N)nc(C(=O)N4Cc5ccccc5C4)c3c2)c1ON. The first-order valence-electron chi connectivity index (χ1n) is 10.2. The summed E-state index contributed by atoms with van der Waals surface area (Å²) >= 11 is 0. The zero-order valence-electron chi connectivity index (χ0n) is 17.6. The maximum Gasteiger partial charge on any atom is 0.273 e. The van der Waals surface area contributed by atoms with Gasteiger partial charge in [0, 0.05) is 29.6 Å². The molecule has 1 aliphatic rings. The van der Waals surface area contributed by atoms with Crippen LogP contribution in [0.3, 0.4) is 0 Å². The molecule has 0 bridgehead atoms. The van der Waals surface area contributed by atoms with Gasteiger partial charge >= 0.3 is 0 Å². The summed E-state index contributed by atoms with van der Waals surface area (Å²) < 4.78 is 28.2. The van der Waals surface area contributed by atoms with Crippen LogP contribution in [0.15, 0.2) is 48.5 Å². The van der Waals surface area contributed by atoms with Gasteiger partial charge in [-0.25, -0.2) is 18.7 Å². The number of fused-ring (bicyclic) bond motifs is 2. The van der Waals surface area contributed by atoms with Gasteiger partial charge in [-0.2, -0.15) is 5.90 Å². The number of amides is 1. The highest BCUT2D eigenvalue weighted by Gasteiger charge is 2.27. The molecule has 166 valence electrons. The summed E-state index contributed by atoms with van der Waals surface area (Å²) in [6.07, 6.45) is 0. The summed E-state index contributed by atoms with van der Waals surface area (Å²) in [4.78, 5) is 28.4. The van der Waals surface area contributed by atoms with Gasteiger partial charge in [0.05, 0.1) is 5.52 Å². The largest absolute Gasteiger partial charge is 0.410 e. The number of carbonyl (C=O) groups excluding carboxylic acids is 1. The standard InChI is InChI=1S/C24H19F2N5O2/c1-12-20(26)18(25)9-16(22(12)33-28)13-6-7-19-17(8-13)21(30-24(27)29-19)23(32)31-10-14-4-2-3-5-15(14)11-31/h2-9H,10-11,28H2,1H3,(H2,27,29,30). The van der Waals surface area contributed by atoms with Crippen LogP contribution in [0.2, 0.25) is 0 Å². The quantitative estimate of drug-likeness (QED) is 0.462. The maximum atomic E-state index is 14.2. The van der Waals surface area contributed by atoms with Crippen molar-refractivity contribution in [3.63, 3.8) is 0 Å². The van der Waals surface area contributed by atoms with Crippen LogP contribution in [0.4, 0.5) is 14.7 Å². The lowest BCUT2D eigenvalue weighted by molar-refractivity contribution is 0.0747. The summed E-state index contributed by atoms with van der Waals surface area (Å²) in [6.45, 7) is 2.27. The van der Waals surface area contributed by atoms with Gasteiger partial charge < -0.3 is 15.5 Å². The van der Waals surface area contributed by atoms with Crippen LogP contribution < -0.4 is 16.5 Å². The van der Waals surface area contributed by atoms with E-state index in [1.165, 1.54) is 6.92 Å². The van der Waals surface area contributed by atoms with Gasteiger partial charge in [-0.1, -0.05) is 30.3 Å². The van der Waals surface area contributed by atoms with E-state index in [9.17, 15) is 13.6 Å². The van der Waals surface area contributed by atoms with E-state index >= 15 is 0 Å². The highest BCUT2D eigenvalue weighted by atomic mass is 19.2. The van der Waals surface area contributed by atoms with Crippen molar-refractivity contribution in [3.05, 3.63) is 82.5 Å². The third-order valence-electron chi connectivity index (χ3n) is 5.87. The third-order valence-corrected chi connectivity index (χ3v) is 5.87. The Morgan fingerprint density at radius 1 is 1.06 bits per heavy atom. The van der Waals surface area contributed by atoms with E-state index in [2.05, 4.69) is 9.97 Å². The second kappa shape index (κ2) is 7.79. The molecule has 0 aliphatic carbocycles. The van der Waals surface area contributed by atoms with Gasteiger partial charge in [-0.15, -0.1) is 0 Å². The first-order chi connectivity index (χ1) is 15.9. The average molecular weight is 447 g/mol. The fourth-order valence-corrected chi connectivity index (χ4v) is 4.21. The number of halogens is 2. The fourth-order valence-electron chi connectivity index (χ4n) is 4.21. The molecule has 1 aromatic heterocycles. The normalized spacial score (nSPS) is 12.8. The summed E-state index contributed by atoms with van der Waals surface area (Å²) in [6, 6.07) is 13.7. The number of carbonyl (C=O) groups is 1. The van der Waals surface area contributed by atoms with Gasteiger partial charge in [-0.05, 0) is 41.8 Å². The van der Waals surface area contributed by atoms with Crippen molar-refractivity contribution in [2.45, 2.75) is 20.0 Å². The Kier molecular flexibility index (Phi) is 4.90. The number of rotatable bonds is 3. The average Bonchev–Trinajstić information content (AvgIpc) is 3.25. The number of benzene rings is 3. The van der Waals surface area contributed by atoms with E-state index in [0.717, 1.165) is 17.2 Å². The number of anilines is 1. The number of hydrogen-bond donors (Lipinski definition) is 2. The van der Waals surface area contributed by atoms with Crippen molar-refractivity contribution in [1.82, 2.24) is 14.9 Å². The van der Waals surface area contributed by atoms with E-state index in [0.29, 0.717) is 29.6 Å². The number of nitrogens with zero attached hydrogens (tertiary/aromatic N) is 3. The van der Waals surface area contributed by atoms with Crippen molar-refractivity contribution < 1.29 is 18.4 Å². The highest BCUT2D eigenvalue weighted by Crippen LogP contribution is 2.37. The van der Waals surface area contributed by atoms with Crippen LogP contribution in [0.1, 0.15) is 27.2 Å². The van der Waals surface area contributed by atoms with Crippen molar-refractivity contribution in [2.75, 3.05) is 5.73 Å².